The minimum Gasteiger partial charge on any atom is -0.481 e. The van der Waals surface area contributed by atoms with Crippen LogP contribution in [0.3, 0.4) is 0 Å². The zero-order chi connectivity index (χ0) is 17.6. The topological polar surface area (TPSA) is 164 Å². The number of aliphatic hydroxyl groups excluding tert-OH is 1. The van der Waals surface area contributed by atoms with Crippen LogP contribution < -0.4 is 5.32 Å². The van der Waals surface area contributed by atoms with Crippen molar-refractivity contribution in [2.45, 2.75) is 43.8 Å². The van der Waals surface area contributed by atoms with Crippen LogP contribution in [0.4, 0.5) is 0 Å². The summed E-state index contributed by atoms with van der Waals surface area (Å²) in [6.45, 7) is -0.450. The van der Waals surface area contributed by atoms with Gasteiger partial charge in [0.2, 0.25) is 5.91 Å². The van der Waals surface area contributed by atoms with Crippen LogP contribution in [0.15, 0.2) is 0 Å². The molecule has 0 aromatic carbocycles. The van der Waals surface area contributed by atoms with Gasteiger partial charge in [-0.05, 0) is 12.8 Å². The van der Waals surface area contributed by atoms with Gasteiger partial charge in [-0.25, -0.2) is 4.79 Å². The molecule has 0 saturated carbocycles. The standard InChI is InChI=1S/C13H20N2O8/c16-6-7-5-15(9(13(22)23)2-4-11(19)20)12(21)8(14-7)1-3-10(17)18/h7-9,14,16H,1-6H2,(H,17,18)(H,19,20)(H,22,23). The SMILES string of the molecule is O=C(O)CCC1NC(CO)CN(C(CCC(=O)O)C(=O)O)C1=O. The molecule has 0 aromatic heterocycles. The Morgan fingerprint density at radius 2 is 1.78 bits per heavy atom. The molecular weight excluding hydrogens is 312 g/mol. The molecule has 0 aliphatic carbocycles. The van der Waals surface area contributed by atoms with Gasteiger partial charge >= 0.3 is 17.9 Å². The average molecular weight is 332 g/mol. The van der Waals surface area contributed by atoms with Crippen molar-refractivity contribution in [3.8, 4) is 0 Å². The van der Waals surface area contributed by atoms with E-state index in [4.69, 9.17) is 10.2 Å². The first-order chi connectivity index (χ1) is 10.8. The number of piperazine rings is 1. The number of carbonyl (C=O) groups excluding carboxylic acids is 1. The Balaban J connectivity index is 2.90. The van der Waals surface area contributed by atoms with Gasteiger partial charge in [-0.15, -0.1) is 0 Å². The molecule has 1 saturated heterocycles. The molecule has 1 amide bonds. The van der Waals surface area contributed by atoms with Crippen molar-refractivity contribution in [1.29, 1.82) is 0 Å². The quantitative estimate of drug-likeness (QED) is 0.332. The van der Waals surface area contributed by atoms with Gasteiger partial charge in [0.1, 0.15) is 6.04 Å². The van der Waals surface area contributed by atoms with Gasteiger partial charge in [0.05, 0.1) is 12.6 Å². The van der Waals surface area contributed by atoms with E-state index in [0.717, 1.165) is 4.90 Å². The zero-order valence-electron chi connectivity index (χ0n) is 12.3. The van der Waals surface area contributed by atoms with Crippen LogP contribution in [0.5, 0.6) is 0 Å². The van der Waals surface area contributed by atoms with E-state index < -0.39 is 48.4 Å². The lowest BCUT2D eigenvalue weighted by Crippen LogP contribution is -2.64. The normalized spacial score (nSPS) is 22.7. The summed E-state index contributed by atoms with van der Waals surface area (Å²) in [5, 5.41) is 38.7. The Labute approximate surface area is 131 Å². The van der Waals surface area contributed by atoms with Crippen molar-refractivity contribution >= 4 is 23.8 Å². The van der Waals surface area contributed by atoms with E-state index in [0.29, 0.717) is 0 Å². The van der Waals surface area contributed by atoms with Gasteiger partial charge in [-0.3, -0.25) is 19.7 Å². The molecule has 1 heterocycles. The molecular formula is C13H20N2O8. The summed E-state index contributed by atoms with van der Waals surface area (Å²) in [5.74, 6) is -4.22. The van der Waals surface area contributed by atoms with E-state index >= 15 is 0 Å². The second kappa shape index (κ2) is 8.44. The van der Waals surface area contributed by atoms with E-state index in [2.05, 4.69) is 5.32 Å². The number of carboxylic acid groups (broad SMARTS) is 3. The van der Waals surface area contributed by atoms with Crippen molar-refractivity contribution in [2.24, 2.45) is 0 Å². The number of amides is 1. The average Bonchev–Trinajstić information content (AvgIpc) is 2.46. The van der Waals surface area contributed by atoms with E-state index in [1.165, 1.54) is 0 Å². The maximum atomic E-state index is 12.4. The summed E-state index contributed by atoms with van der Waals surface area (Å²) in [6.07, 6.45) is -1.02. The van der Waals surface area contributed by atoms with E-state index in [1.807, 2.05) is 0 Å². The molecule has 23 heavy (non-hydrogen) atoms. The molecule has 1 rings (SSSR count). The highest BCUT2D eigenvalue weighted by Crippen LogP contribution is 2.17. The molecule has 0 bridgehead atoms. The molecule has 5 N–H and O–H groups in total. The van der Waals surface area contributed by atoms with Crippen LogP contribution in [-0.2, 0) is 19.2 Å². The highest BCUT2D eigenvalue weighted by molar-refractivity contribution is 5.88. The number of aliphatic carboxylic acids is 3. The summed E-state index contributed by atoms with van der Waals surface area (Å²) in [4.78, 5) is 46.0. The highest BCUT2D eigenvalue weighted by Gasteiger charge is 2.39. The molecule has 130 valence electrons. The van der Waals surface area contributed by atoms with Crippen molar-refractivity contribution in [2.75, 3.05) is 13.2 Å². The number of rotatable bonds is 9. The predicted octanol–water partition coefficient (Wildman–Crippen LogP) is -1.67. The lowest BCUT2D eigenvalue weighted by molar-refractivity contribution is -0.155. The summed E-state index contributed by atoms with van der Waals surface area (Å²) < 4.78 is 0. The van der Waals surface area contributed by atoms with Gasteiger partial charge in [-0.1, -0.05) is 0 Å². The van der Waals surface area contributed by atoms with Crippen LogP contribution in [-0.4, -0.2) is 80.4 Å². The van der Waals surface area contributed by atoms with Crippen molar-refractivity contribution in [3.05, 3.63) is 0 Å². The van der Waals surface area contributed by atoms with Crippen LogP contribution >= 0.6 is 0 Å². The summed E-state index contributed by atoms with van der Waals surface area (Å²) in [7, 11) is 0. The predicted molar refractivity (Wildman–Crippen MR) is 74.7 cm³/mol. The molecule has 0 aromatic rings. The molecule has 1 fully saturated rings. The fraction of sp³-hybridized carbons (Fsp3) is 0.692. The second-order valence-corrected chi connectivity index (χ2v) is 5.31. The monoisotopic (exact) mass is 332 g/mol. The zero-order valence-corrected chi connectivity index (χ0v) is 12.3. The molecule has 0 spiro atoms. The van der Waals surface area contributed by atoms with E-state index in [-0.39, 0.29) is 32.4 Å². The molecule has 10 nitrogen and oxygen atoms in total. The Bertz CT molecular complexity index is 481. The van der Waals surface area contributed by atoms with Crippen LogP contribution in [0, 0.1) is 0 Å². The third kappa shape index (κ3) is 5.49. The second-order valence-electron chi connectivity index (χ2n) is 5.31. The fourth-order valence-electron chi connectivity index (χ4n) is 2.47. The Kier molecular flexibility index (Phi) is 6.91. The summed E-state index contributed by atoms with van der Waals surface area (Å²) in [5.41, 5.74) is 0. The van der Waals surface area contributed by atoms with E-state index in [9.17, 15) is 29.4 Å². The van der Waals surface area contributed by atoms with Gasteiger partial charge in [0.25, 0.3) is 0 Å². The number of aliphatic hydroxyl groups is 1. The van der Waals surface area contributed by atoms with Crippen molar-refractivity contribution in [3.63, 3.8) is 0 Å². The van der Waals surface area contributed by atoms with Gasteiger partial charge < -0.3 is 25.3 Å². The van der Waals surface area contributed by atoms with Crippen molar-refractivity contribution in [1.82, 2.24) is 10.2 Å². The van der Waals surface area contributed by atoms with Gasteiger partial charge in [-0.2, -0.15) is 0 Å². The molecule has 3 unspecified atom stereocenters. The Morgan fingerprint density at radius 3 is 2.26 bits per heavy atom. The molecule has 1 aliphatic heterocycles. The Hall–Kier alpha value is -2.20. The lowest BCUT2D eigenvalue weighted by Gasteiger charge is -2.40. The van der Waals surface area contributed by atoms with Gasteiger partial charge in [0.15, 0.2) is 0 Å². The minimum atomic E-state index is -1.34. The fourth-order valence-corrected chi connectivity index (χ4v) is 2.47. The first kappa shape index (κ1) is 18.8. The first-order valence-electron chi connectivity index (χ1n) is 7.10. The number of carboxylic acids is 3. The maximum Gasteiger partial charge on any atom is 0.326 e. The summed E-state index contributed by atoms with van der Waals surface area (Å²) >= 11 is 0. The third-order valence-corrected chi connectivity index (χ3v) is 3.60. The van der Waals surface area contributed by atoms with E-state index in [1.54, 1.807) is 0 Å². The number of carbonyl (C=O) groups is 4. The molecule has 3 atom stereocenters. The number of hydrogen-bond donors (Lipinski definition) is 5. The molecule has 0 radical (unpaired) electrons. The number of nitrogens with one attached hydrogen (secondary N) is 1. The van der Waals surface area contributed by atoms with Crippen LogP contribution in [0.1, 0.15) is 25.7 Å². The third-order valence-electron chi connectivity index (χ3n) is 3.60. The summed E-state index contributed by atoms with van der Waals surface area (Å²) in [6, 6.07) is -2.86. The van der Waals surface area contributed by atoms with Gasteiger partial charge in [0, 0.05) is 25.4 Å². The Morgan fingerprint density at radius 1 is 1.17 bits per heavy atom. The van der Waals surface area contributed by atoms with Crippen molar-refractivity contribution < 1.29 is 39.6 Å². The van der Waals surface area contributed by atoms with Crippen LogP contribution in [0.25, 0.3) is 0 Å². The maximum absolute atomic E-state index is 12.4. The largest absolute Gasteiger partial charge is 0.481 e. The first-order valence-corrected chi connectivity index (χ1v) is 7.10. The highest BCUT2D eigenvalue weighted by atomic mass is 16.4. The smallest absolute Gasteiger partial charge is 0.326 e. The molecule has 10 heteroatoms. The number of nitrogens with zero attached hydrogens (tertiary/aromatic N) is 1. The van der Waals surface area contributed by atoms with Crippen LogP contribution in [0.2, 0.25) is 0 Å². The minimum absolute atomic E-state index is 0.0492. The lowest BCUT2D eigenvalue weighted by atomic mass is 10.0. The molecule has 1 aliphatic rings. The number of hydrogen-bond acceptors (Lipinski definition) is 6.